The standard InChI is InChI=1S/C16H26N4O2.C13H20N4O2.C7H8N2O3.C7H16N2.C6H5BrN2O3.C4H2BrClN2.C4H3BrN2O.C4H4N2O.C3H6O3.C3H6O.CH5BO2.Br2.Cl3OP/c1-3-6-20-7-4-5-14(11-20)10-17-15(21)12-22-16-18-8-13(2)9-19-16;1-10-5-16-13(17-6-10)19-9-12(18)15-8-11-3-2-4-14-7-11;1-5-2-8-7(9-3-5)12-4-6(10)11;1-9-4-2-3-7(5-8)6-9;7-4-1-8-6(9-2-4)12-3-5(10)11;5-3-1-7-4(6)8-2-3;5-3-1-6-4(8)7-2-3;7-4-5-2-1-3-6-4;1-6-3(5)2-4;1-2-3-4;1-2(3)4;1-2;1-5(2,3)4/h8-9,14H,3-7,10-12H2,1-2H3,(H,17,21);5-6,11,14H,2-4,7-9H2,1H3,(H,15,18);2-3H,4H2,1H3,(H,10,11);7H,2-6,8H2,1H3;1-2H,3H2,(H,10,11);1-2H;1-2H,(H,6,7,8);1-3H,(H,5,6,7);4H,2H2,1H3;3H,2H2,1H3;3-4H,1H3;;. The molecule has 3 fully saturated rings. The van der Waals surface area contributed by atoms with Gasteiger partial charge in [-0.1, -0.05) is 13.8 Å². The molecule has 12 N–H and O–H groups in total. The number of nitrogens with two attached hydrogens (primary N) is 1. The summed E-state index contributed by atoms with van der Waals surface area (Å²) in [6.07, 6.45) is 32.0. The predicted molar refractivity (Wildman–Crippen MR) is 464 cm³/mol. The van der Waals surface area contributed by atoms with Crippen LogP contribution in [-0.2, 0) is 38.1 Å². The van der Waals surface area contributed by atoms with Gasteiger partial charge in [-0.2, -0.15) is 0 Å². The number of aliphatic carboxylic acids is 2. The van der Waals surface area contributed by atoms with Crippen molar-refractivity contribution in [3.63, 3.8) is 0 Å². The fourth-order valence-corrected chi connectivity index (χ4v) is 8.99. The molecule has 0 bridgehead atoms. The minimum absolute atomic E-state index is 0.0333. The van der Waals surface area contributed by atoms with Crippen LogP contribution in [-0.4, -0.2) is 261 Å². The number of hydrogen-bond donors (Lipinski definition) is 11. The number of aldehydes is 1. The van der Waals surface area contributed by atoms with Crippen LogP contribution >= 0.6 is 127 Å². The number of carbonyl (C=O) groups is 6. The monoisotopic (exact) mass is 2080 g/mol. The molecule has 0 radical (unpaired) electrons. The Kier molecular flexibility index (Phi) is 73.1. The summed E-state index contributed by atoms with van der Waals surface area (Å²) in [6.45, 7) is 19.7. The van der Waals surface area contributed by atoms with Crippen molar-refractivity contribution in [2.75, 3.05) is 113 Å². The number of aryl methyl sites for hydroxylation is 3. The SMILES string of the molecule is BrBr.CB(O)O.CCC=O.CCCN1CCCC(CNC(=O)COc2ncc(C)cn2)C1.CN1CCCC(CN)C1.COC(=O)CO.Cc1cnc(OCC(=O)NCC2CCCNC2)nc1.Cc1cnc(OCC(=O)O)nc1.Clc1ncc(Br)cn1.O=C(O)COc1ncc(Br)cn1.O=P(Cl)(Cl)Cl.O=c1ncc(Br)c[nH]1.O=c1nccc[nH]1. The number of piperidine rings is 3. The molecule has 7 aromatic heterocycles. The third-order valence-corrected chi connectivity index (χ3v) is 14.7. The predicted octanol–water partition coefficient (Wildman–Crippen LogP) is 8.45. The number of likely N-dealkylation sites (tertiary alicyclic amines) is 2. The number of hydrogen-bond acceptors (Lipinski definition) is 33. The van der Waals surface area contributed by atoms with Crippen LogP contribution in [0.15, 0.2) is 116 Å². The lowest BCUT2D eigenvalue weighted by Gasteiger charge is -2.32. The van der Waals surface area contributed by atoms with E-state index in [1.165, 1.54) is 109 Å². The first kappa shape index (κ1) is 115. The first-order valence-corrected chi connectivity index (χ1v) is 46.2. The molecule has 0 spiro atoms. The first-order valence-electron chi connectivity index (χ1n) is 35.3. The average molecular weight is 2090 g/mol. The van der Waals surface area contributed by atoms with Crippen molar-refractivity contribution in [1.82, 2.24) is 95.5 Å². The molecule has 10 rings (SSSR count). The highest BCUT2D eigenvalue weighted by Gasteiger charge is 2.21. The third kappa shape index (κ3) is 76.4. The molecule has 118 heavy (non-hydrogen) atoms. The van der Waals surface area contributed by atoms with E-state index in [4.69, 9.17) is 56.9 Å². The number of rotatable bonds is 21. The van der Waals surface area contributed by atoms with E-state index in [9.17, 15) is 42.9 Å². The van der Waals surface area contributed by atoms with Crippen LogP contribution in [0.1, 0.15) is 81.9 Å². The van der Waals surface area contributed by atoms with Gasteiger partial charge in [-0.3, -0.25) is 14.2 Å². The number of H-pyrrole nitrogens is 2. The maximum absolute atomic E-state index is 11.8. The number of nitrogens with zero attached hydrogens (tertiary/aromatic N) is 14. The third-order valence-electron chi connectivity index (χ3n) is 13.3. The van der Waals surface area contributed by atoms with Gasteiger partial charge in [0.15, 0.2) is 26.4 Å². The summed E-state index contributed by atoms with van der Waals surface area (Å²) < 4.78 is 35.7. The molecular formula is C68H101BBr5Cl4N20O19P. The highest BCUT2D eigenvalue weighted by molar-refractivity contribution is 9.93. The van der Waals surface area contributed by atoms with Gasteiger partial charge in [-0.05, 0) is 252 Å². The van der Waals surface area contributed by atoms with Gasteiger partial charge < -0.3 is 95.3 Å². The Morgan fingerprint density at radius 1 is 0.636 bits per heavy atom. The summed E-state index contributed by atoms with van der Waals surface area (Å²) in [5.41, 5.74) is 7.73. The maximum Gasteiger partial charge on any atom is 0.448 e. The van der Waals surface area contributed by atoms with Crippen LogP contribution in [0.3, 0.4) is 0 Å². The number of esters is 1. The lowest BCUT2D eigenvalue weighted by Crippen LogP contribution is -2.42. The van der Waals surface area contributed by atoms with Gasteiger partial charge in [0.1, 0.15) is 12.9 Å². The van der Waals surface area contributed by atoms with Crippen LogP contribution < -0.4 is 52.0 Å². The van der Waals surface area contributed by atoms with Gasteiger partial charge in [-0.25, -0.2) is 83.8 Å². The van der Waals surface area contributed by atoms with Crippen molar-refractivity contribution >= 4 is 170 Å². The number of nitrogens with one attached hydrogen (secondary N) is 5. The summed E-state index contributed by atoms with van der Waals surface area (Å²) in [6, 6.07) is 2.28. The number of aromatic nitrogens is 14. The zero-order chi connectivity index (χ0) is 89.5. The van der Waals surface area contributed by atoms with E-state index in [-0.39, 0.29) is 65.7 Å². The van der Waals surface area contributed by atoms with Crippen LogP contribution in [0.5, 0.6) is 24.0 Å². The number of aliphatic hydroxyl groups excluding tert-OH is 1. The minimum atomic E-state index is -3.22. The maximum atomic E-state index is 11.8. The zero-order valence-electron chi connectivity index (χ0n) is 65.9. The fraction of sp³-hybridized carbons (Fsp3) is 0.500. The molecule has 0 saturated carbocycles. The van der Waals surface area contributed by atoms with E-state index in [1.807, 2.05) is 27.7 Å². The Labute approximate surface area is 744 Å². The van der Waals surface area contributed by atoms with Gasteiger partial charge in [-0.15, -0.1) is 0 Å². The molecule has 3 aliphatic rings. The van der Waals surface area contributed by atoms with E-state index in [1.54, 1.807) is 55.6 Å². The Bertz CT molecular complexity index is 3790. The molecule has 39 nitrogen and oxygen atoms in total. The molecule has 658 valence electrons. The smallest absolute Gasteiger partial charge is 0.448 e. The lowest BCUT2D eigenvalue weighted by molar-refractivity contribution is -0.144. The van der Waals surface area contributed by atoms with Crippen LogP contribution in [0.4, 0.5) is 0 Å². The topological polar surface area (TPSA) is 556 Å². The van der Waals surface area contributed by atoms with Crippen molar-refractivity contribution in [2.24, 2.45) is 23.5 Å². The largest absolute Gasteiger partial charge is 0.479 e. The van der Waals surface area contributed by atoms with E-state index >= 15 is 0 Å². The van der Waals surface area contributed by atoms with Crippen molar-refractivity contribution in [1.29, 1.82) is 0 Å². The summed E-state index contributed by atoms with van der Waals surface area (Å²) in [4.78, 5) is 137. The Balaban J connectivity index is -0.00000127. The van der Waals surface area contributed by atoms with Crippen LogP contribution in [0, 0.1) is 38.5 Å². The molecule has 10 heterocycles. The number of methoxy groups -OCH3 is 1. The average Bonchev–Trinajstić information content (AvgIpc) is 0.892. The molecule has 0 aromatic carbocycles. The van der Waals surface area contributed by atoms with Crippen LogP contribution in [0.2, 0.25) is 12.1 Å². The van der Waals surface area contributed by atoms with Crippen molar-refractivity contribution in [3.8, 4) is 24.0 Å². The summed E-state index contributed by atoms with van der Waals surface area (Å²) in [5, 5.41) is 45.8. The number of ether oxygens (including phenoxy) is 5. The van der Waals surface area contributed by atoms with E-state index in [0.717, 1.165) is 83.5 Å². The summed E-state index contributed by atoms with van der Waals surface area (Å²) >= 11 is 34.1. The van der Waals surface area contributed by atoms with Gasteiger partial charge in [0.2, 0.25) is 5.28 Å². The zero-order valence-corrected chi connectivity index (χ0v) is 77.8. The summed E-state index contributed by atoms with van der Waals surface area (Å²) in [5.74, 6) is -1.11. The fourth-order valence-electron chi connectivity index (χ4n) is 8.27. The molecular weight excluding hydrogens is 1980 g/mol. The molecule has 0 aliphatic carbocycles. The molecule has 7 aromatic rings. The van der Waals surface area contributed by atoms with E-state index < -0.39 is 50.0 Å². The molecule has 3 aliphatic heterocycles. The number of aromatic amines is 2. The molecule has 50 heteroatoms. The van der Waals surface area contributed by atoms with E-state index in [2.05, 4.69) is 229 Å². The van der Waals surface area contributed by atoms with Gasteiger partial charge in [0.25, 0.3) is 11.8 Å². The number of carboxylic acids is 2. The Morgan fingerprint density at radius 2 is 1.03 bits per heavy atom. The quantitative estimate of drug-likeness (QED) is 0.0106. The second-order valence-corrected chi connectivity index (χ2v) is 33.4. The second-order valence-electron chi connectivity index (χ2n) is 23.7. The highest BCUT2D eigenvalue weighted by atomic mass is 80.9. The first-order chi connectivity index (χ1) is 56.0. The lowest BCUT2D eigenvalue weighted by atomic mass is 9.98. The van der Waals surface area contributed by atoms with Crippen LogP contribution in [0.25, 0.3) is 0 Å². The van der Waals surface area contributed by atoms with Crippen molar-refractivity contribution < 1.29 is 82.4 Å². The molecule has 3 saturated heterocycles. The van der Waals surface area contributed by atoms with Gasteiger partial charge >= 0.3 is 65.6 Å². The number of carbonyl (C=O) groups excluding carboxylic acids is 4. The molecule has 3 atom stereocenters. The second kappa shape index (κ2) is 75.0. The minimum Gasteiger partial charge on any atom is -0.479 e. The van der Waals surface area contributed by atoms with E-state index in [0.29, 0.717) is 29.3 Å². The molecule has 3 unspecified atom stereocenters. The number of halogens is 9. The number of aliphatic hydroxyl groups is 1. The Hall–Kier alpha value is -7.05. The highest BCUT2D eigenvalue weighted by Crippen LogP contribution is 2.61. The summed E-state index contributed by atoms with van der Waals surface area (Å²) in [7, 11) is 2.22. The van der Waals surface area contributed by atoms with Gasteiger partial charge in [0, 0.05) is 148 Å². The van der Waals surface area contributed by atoms with Crippen molar-refractivity contribution in [3.05, 3.63) is 149 Å². The number of amides is 2. The molecule has 2 amide bonds. The van der Waals surface area contributed by atoms with Gasteiger partial charge in [0.05, 0.1) is 20.5 Å². The number of carboxylic acid groups (broad SMARTS) is 2. The normalized spacial score (nSPS) is 14.0. The van der Waals surface area contributed by atoms with Crippen molar-refractivity contribution in [2.45, 2.75) is 92.8 Å². The Morgan fingerprint density at radius 3 is 1.35 bits per heavy atom.